The Morgan fingerprint density at radius 3 is 1.11 bits per heavy atom. The normalized spacial score (nSPS) is 47.5. The lowest BCUT2D eigenvalue weighted by Gasteiger charge is -2.52. The zero-order valence-corrected chi connectivity index (χ0v) is 70.7. The Balaban J connectivity index is 0.876. The number of hydrogen-bond acceptors (Lipinski definition) is 52. The molecule has 58 heteroatoms. The van der Waals surface area contributed by atoms with Crippen LogP contribution in [0.1, 0.15) is 48.0 Å². The summed E-state index contributed by atoms with van der Waals surface area (Å²) in [5.74, 6) is -10.2. The number of aliphatic hydroxyl groups excluding tert-OH is 27. The minimum Gasteiger partial charge on any atom is -0.477 e. The van der Waals surface area contributed by atoms with Gasteiger partial charge < -0.3 is 260 Å². The van der Waals surface area contributed by atoms with E-state index in [-0.39, 0.29) is 0 Å². The van der Waals surface area contributed by atoms with E-state index in [0.717, 1.165) is 34.6 Å². The van der Waals surface area contributed by atoms with Gasteiger partial charge in [-0.3, -0.25) is 24.0 Å². The lowest BCUT2D eigenvalue weighted by Crippen LogP contribution is -2.72. The summed E-state index contributed by atoms with van der Waals surface area (Å²) in [6.07, 6.45) is -96.8. The number of hydrogen-bond donors (Lipinski definition) is 33. The van der Waals surface area contributed by atoms with Gasteiger partial charge in [-0.05, 0) is 6.92 Å². The molecule has 10 aliphatic heterocycles. The first kappa shape index (κ1) is 108. The van der Waals surface area contributed by atoms with E-state index in [4.69, 9.17) is 90.0 Å². The number of carboxylic acids is 1. The molecule has 0 aromatic carbocycles. The standard InChI is InChI=1S/C73H121N5O53/c1-17-38(94)47(103)49(105)67(114-17)127-59-37(78-22(6)91)66(122-31(15-86)56(59)125-71-53(109)62(43(99)28(12-83)119-71)131-73(72(111)112)7-23(92)33(74-18(2)87)58(130-73)39(95)24(93)8-79)129-61-42(98)27(11-82)118-70(52(61)108)124-55-30(14-85)121-65(35(46(55)102)76-20(4)89)128-60-41(97)26(10-81)117-69(51(60)107)123-54-29(13-84)120-64(34(45(54)101)75-19(3)88)113-16-32-44(100)57(36(63(110)115-32)77-21(5)90)126-68-50(106)48(104)40(96)25(9-80)116-68/h17,23-71,79-86,92-110H,7-16H2,1-6H3,(H,74,87)(H,75,88)(H,76,89)(H,77,90)(H,78,91)(H,111,112)/t17-,23+,24-,25-,26-,27-,28-,29-,30-,31-,32-,33-,34-,35-,36-,37-,38+,39-,40+,41+,42+,43+,44+,45-,46-,47+,48+,49-,50-,51-,52-,53-,54-,55-,56-,57-,58-,59-,60+,61+,62+,63?,64-,65+,66+,67-,68+,69+,70+,71+,73+/m1/s1. The molecule has 0 radical (unpaired) electrons. The number of rotatable bonds is 35. The summed E-state index contributed by atoms with van der Waals surface area (Å²) in [5, 5.41) is 325. The number of amides is 5. The van der Waals surface area contributed by atoms with Crippen LogP contribution in [0.2, 0.25) is 0 Å². The van der Waals surface area contributed by atoms with Crippen LogP contribution in [0.3, 0.4) is 0 Å². The molecule has 0 spiro atoms. The zero-order valence-electron chi connectivity index (χ0n) is 70.7. The summed E-state index contributed by atoms with van der Waals surface area (Å²) in [4.78, 5) is 77.6. The molecule has 756 valence electrons. The van der Waals surface area contributed by atoms with Crippen molar-refractivity contribution in [1.29, 1.82) is 0 Å². The summed E-state index contributed by atoms with van der Waals surface area (Å²) in [7, 11) is 0. The van der Waals surface area contributed by atoms with E-state index >= 15 is 0 Å². The van der Waals surface area contributed by atoms with Gasteiger partial charge in [-0.2, -0.15) is 0 Å². The summed E-state index contributed by atoms with van der Waals surface area (Å²) in [6, 6.07) is -9.41. The van der Waals surface area contributed by atoms with E-state index < -0.39 is 414 Å². The van der Waals surface area contributed by atoms with Gasteiger partial charge in [-0.25, -0.2) is 4.79 Å². The highest BCUT2D eigenvalue weighted by Crippen LogP contribution is 2.43. The van der Waals surface area contributed by atoms with E-state index in [0.29, 0.717) is 0 Å². The number of carbonyl (C=O) groups excluding carboxylic acids is 5. The molecule has 0 bridgehead atoms. The first-order chi connectivity index (χ1) is 61.8. The molecule has 0 saturated carbocycles. The van der Waals surface area contributed by atoms with Crippen molar-refractivity contribution in [3.8, 4) is 0 Å². The van der Waals surface area contributed by atoms with Crippen LogP contribution in [0.4, 0.5) is 0 Å². The van der Waals surface area contributed by atoms with Crippen LogP contribution in [-0.4, -0.2) is 550 Å². The second-order valence-electron chi connectivity index (χ2n) is 33.1. The van der Waals surface area contributed by atoms with Crippen LogP contribution in [-0.2, 0) is 119 Å². The third-order valence-electron chi connectivity index (χ3n) is 23.8. The second kappa shape index (κ2) is 46.6. The predicted octanol–water partition coefficient (Wildman–Crippen LogP) is -21.9. The molecular formula is C73H121N5O53. The Hall–Kier alpha value is -5.02. The van der Waals surface area contributed by atoms with Crippen molar-refractivity contribution in [2.24, 2.45) is 0 Å². The molecule has 10 saturated heterocycles. The van der Waals surface area contributed by atoms with E-state index in [2.05, 4.69) is 26.6 Å². The third-order valence-corrected chi connectivity index (χ3v) is 23.8. The maximum absolute atomic E-state index is 13.6. The Morgan fingerprint density at radius 2 is 0.664 bits per heavy atom. The van der Waals surface area contributed by atoms with Crippen molar-refractivity contribution >= 4 is 35.5 Å². The molecule has 10 fully saturated rings. The van der Waals surface area contributed by atoms with E-state index in [1.807, 2.05) is 0 Å². The molecule has 0 aromatic heterocycles. The molecule has 0 aliphatic carbocycles. The summed E-state index contributed by atoms with van der Waals surface area (Å²) in [6.45, 7) is -4.50. The van der Waals surface area contributed by atoms with Crippen molar-refractivity contribution in [2.45, 2.75) is 360 Å². The fourth-order valence-corrected chi connectivity index (χ4v) is 17.0. The summed E-state index contributed by atoms with van der Waals surface area (Å²) in [5.41, 5.74) is 0. The van der Waals surface area contributed by atoms with Crippen molar-refractivity contribution in [1.82, 2.24) is 26.6 Å². The highest BCUT2D eigenvalue weighted by Gasteiger charge is 2.64. The maximum atomic E-state index is 13.6. The van der Waals surface area contributed by atoms with Gasteiger partial charge in [-0.1, -0.05) is 0 Å². The molecule has 0 aromatic rings. The highest BCUT2D eigenvalue weighted by atomic mass is 16.8. The SMILES string of the molecule is CC(=O)N[C@H]1[C@H](OC[C@H]2OC(O)[C@H](NC(C)=O)[C@@H](O[C@@H]3O[C@H](CO)[C@H](O)[C@H](O)[C@H]3O)[C@H]2O)O[C@H](CO)[C@@H](O[C@@H]2O[C@H](CO)[C@H](O)[C@H](O[C@@H]3O[C@H](CO)[C@@H](O[C@@H]4O[C@H](CO)[C@H](O)[C@H](O[C@@H]5O[C@H](CO)[C@@H](O[C@@H]6O[C@H](CO)[C@H](O)[C@H](O[C@]7(C(=O)O)C[C@H](O)[C@@H](NC(C)=O)[C@H]([C@H](O)[C@H](O)CO)O7)[C@H]6O)[C@H](O[C@H]6O[C@H](C)[C@H](O)[C@H](O)[C@H]6O)[C@H]5NC(C)=O)[C@H]4O)[C@H](O)[C@H]3NC(C)=O)[C@H]2O)[C@@H]1O. The van der Waals surface area contributed by atoms with E-state index in [1.54, 1.807) is 0 Å². The van der Waals surface area contributed by atoms with Crippen molar-refractivity contribution in [2.75, 3.05) is 59.5 Å². The Kier molecular flexibility index (Phi) is 38.4. The lowest BCUT2D eigenvalue weighted by atomic mass is 9.88. The Bertz CT molecular complexity index is 3660. The molecule has 10 heterocycles. The maximum Gasteiger partial charge on any atom is 0.364 e. The van der Waals surface area contributed by atoms with Gasteiger partial charge in [0.15, 0.2) is 56.6 Å². The van der Waals surface area contributed by atoms with Crippen molar-refractivity contribution < 1.29 is 262 Å². The second-order valence-corrected chi connectivity index (χ2v) is 33.1. The van der Waals surface area contributed by atoms with Crippen molar-refractivity contribution in [3.63, 3.8) is 0 Å². The molecule has 58 nitrogen and oxygen atoms in total. The molecule has 5 amide bonds. The van der Waals surface area contributed by atoms with Crippen LogP contribution in [0, 0.1) is 0 Å². The van der Waals surface area contributed by atoms with Gasteiger partial charge >= 0.3 is 5.97 Å². The van der Waals surface area contributed by atoms with Gasteiger partial charge in [0.05, 0.1) is 77.7 Å². The minimum absolute atomic E-state index is 0.813. The Morgan fingerprint density at radius 1 is 0.328 bits per heavy atom. The number of aliphatic carboxylic acids is 1. The number of ether oxygens (including phenoxy) is 19. The summed E-state index contributed by atoms with van der Waals surface area (Å²) >= 11 is 0. The number of aliphatic hydroxyl groups is 27. The molecular weight excluding hydrogens is 1790 g/mol. The number of carboxylic acid groups (broad SMARTS) is 1. The molecule has 1 unspecified atom stereocenters. The quantitative estimate of drug-likeness (QED) is 0.0280. The zero-order chi connectivity index (χ0) is 96.9. The monoisotopic (exact) mass is 1920 g/mol. The largest absolute Gasteiger partial charge is 0.477 e. The highest BCUT2D eigenvalue weighted by molar-refractivity contribution is 5.77. The number of carbonyl (C=O) groups is 6. The third kappa shape index (κ3) is 23.9. The minimum atomic E-state index is -3.35. The molecule has 10 aliphatic rings. The smallest absolute Gasteiger partial charge is 0.364 e. The molecule has 33 N–H and O–H groups in total. The fourth-order valence-electron chi connectivity index (χ4n) is 17.0. The average molecular weight is 1920 g/mol. The first-order valence-corrected chi connectivity index (χ1v) is 41.6. The van der Waals surface area contributed by atoms with Gasteiger partial charge in [0.2, 0.25) is 29.5 Å². The topological polar surface area (TPSA) is 904 Å². The van der Waals surface area contributed by atoms with E-state index in [1.165, 1.54) is 6.92 Å². The van der Waals surface area contributed by atoms with Crippen LogP contribution in [0.15, 0.2) is 0 Å². The van der Waals surface area contributed by atoms with Gasteiger partial charge in [0.25, 0.3) is 5.79 Å². The number of nitrogens with one attached hydrogen (secondary N) is 5. The van der Waals surface area contributed by atoms with E-state index in [9.17, 15) is 172 Å². The van der Waals surface area contributed by atoms with Crippen LogP contribution >= 0.6 is 0 Å². The molecule has 10 rings (SSSR count). The molecule has 131 heavy (non-hydrogen) atoms. The van der Waals surface area contributed by atoms with Gasteiger partial charge in [0.1, 0.15) is 232 Å². The van der Waals surface area contributed by atoms with Crippen LogP contribution < -0.4 is 26.6 Å². The van der Waals surface area contributed by atoms with Gasteiger partial charge in [0, 0.05) is 41.0 Å². The Labute approximate surface area is 741 Å². The predicted molar refractivity (Wildman–Crippen MR) is 403 cm³/mol. The van der Waals surface area contributed by atoms with Crippen LogP contribution in [0.5, 0.6) is 0 Å². The fraction of sp³-hybridized carbons (Fsp3) is 0.918. The van der Waals surface area contributed by atoms with Crippen LogP contribution in [0.25, 0.3) is 0 Å². The first-order valence-electron chi connectivity index (χ1n) is 41.6. The summed E-state index contributed by atoms with van der Waals surface area (Å²) < 4.78 is 113. The lowest BCUT2D eigenvalue weighted by molar-refractivity contribution is -0.399. The van der Waals surface area contributed by atoms with Crippen molar-refractivity contribution in [3.05, 3.63) is 0 Å². The van der Waals surface area contributed by atoms with Gasteiger partial charge in [-0.15, -0.1) is 0 Å². The average Bonchev–Trinajstić information content (AvgIpc) is 0.810. The molecule has 51 atom stereocenters.